The van der Waals surface area contributed by atoms with E-state index in [1.165, 1.54) is 30.3 Å². The Morgan fingerprint density at radius 2 is 0.826 bits per heavy atom. The predicted molar refractivity (Wildman–Crippen MR) is 136 cm³/mol. The summed E-state index contributed by atoms with van der Waals surface area (Å²) in [6, 6.07) is 7.08. The first-order valence-electron chi connectivity index (χ1n) is 12.5. The predicted octanol–water partition coefficient (Wildman–Crippen LogP) is 7.71. The Hall–Kier alpha value is -3.72. The van der Waals surface area contributed by atoms with Crippen molar-refractivity contribution >= 4 is 30.9 Å². The van der Waals surface area contributed by atoms with Gasteiger partial charge >= 0.3 is 6.92 Å². The van der Waals surface area contributed by atoms with Gasteiger partial charge in [0.15, 0.2) is 75.6 Å². The lowest BCUT2D eigenvalue weighted by molar-refractivity contribution is 0.310. The Morgan fingerprint density at radius 1 is 0.500 bits per heavy atom. The number of hydrogen-bond acceptors (Lipinski definition) is 1. The fraction of sp³-hybridized carbons (Fsp3) is 0.143. The Bertz CT molecular complexity index is 1670. The lowest BCUT2D eigenvalue weighted by Gasteiger charge is -2.29. The third-order valence-electron chi connectivity index (χ3n) is 6.71. The maximum absolute atomic E-state index is 15.0. The highest BCUT2D eigenvalue weighted by atomic mass is 31.1. The molecular formula is C28H13BF15OP. The number of rotatable bonds is 9. The van der Waals surface area contributed by atoms with Crippen molar-refractivity contribution in [3.8, 4) is 0 Å². The van der Waals surface area contributed by atoms with E-state index in [0.717, 1.165) is 0 Å². The summed E-state index contributed by atoms with van der Waals surface area (Å²) >= 11 is 0. The minimum atomic E-state index is -3.99. The van der Waals surface area contributed by atoms with Gasteiger partial charge in [0.2, 0.25) is 11.6 Å². The summed E-state index contributed by atoms with van der Waals surface area (Å²) in [5, 5.41) is -4.14. The smallest absolute Gasteiger partial charge is 0.333 e. The van der Waals surface area contributed by atoms with Crippen molar-refractivity contribution < 1.29 is 70.5 Å². The molecule has 1 nitrogen and oxygen atoms in total. The Morgan fingerprint density at radius 3 is 1.20 bits per heavy atom. The standard InChI is InChI=1S/C28H13BF15OP/c1-9(7-29(45-8-10-5-3-2-4-6-10)11-12(30)14(32)16(34)15(33)13(11)31)46(27-23(41)19(37)17(35)20(38)24(27)42)28-25(43)21(39)18(36)22(40)26(28)44/h2-6,9H,7-8H2,1H3. The first-order chi connectivity index (χ1) is 21.5. The Labute approximate surface area is 250 Å². The van der Waals surface area contributed by atoms with E-state index in [0.29, 0.717) is 6.92 Å². The summed E-state index contributed by atoms with van der Waals surface area (Å²) in [6.07, 6.45) is -1.31. The van der Waals surface area contributed by atoms with Crippen molar-refractivity contribution in [1.29, 1.82) is 0 Å². The van der Waals surface area contributed by atoms with E-state index in [1.54, 1.807) is 0 Å². The molecule has 4 rings (SSSR count). The van der Waals surface area contributed by atoms with Crippen molar-refractivity contribution in [1.82, 2.24) is 0 Å². The molecule has 0 saturated heterocycles. The monoisotopic (exact) mass is 692 g/mol. The van der Waals surface area contributed by atoms with Crippen LogP contribution < -0.4 is 16.1 Å². The molecule has 0 spiro atoms. The maximum atomic E-state index is 15.0. The SMILES string of the molecule is CC(CB(OCc1ccccc1)c1c(F)c(F)c(F)c(F)c1F)P(c1c(F)c(F)c(F)c(F)c1F)c1c(F)c(F)c(F)c(F)c1F. The third-order valence-corrected chi connectivity index (χ3v) is 9.55. The zero-order valence-corrected chi connectivity index (χ0v) is 23.4. The fourth-order valence-electron chi connectivity index (χ4n) is 4.52. The van der Waals surface area contributed by atoms with Crippen molar-refractivity contribution in [2.75, 3.05) is 0 Å². The van der Waals surface area contributed by atoms with Crippen LogP contribution in [-0.2, 0) is 11.3 Å². The number of benzene rings is 4. The van der Waals surface area contributed by atoms with Crippen LogP contribution >= 0.6 is 7.92 Å². The normalized spacial score (nSPS) is 12.3. The molecule has 4 aromatic rings. The van der Waals surface area contributed by atoms with E-state index < -0.39 is 137 Å². The highest BCUT2D eigenvalue weighted by molar-refractivity contribution is 7.73. The van der Waals surface area contributed by atoms with Crippen LogP contribution in [0.1, 0.15) is 12.5 Å². The average Bonchev–Trinajstić information content (AvgIpc) is 3.04. The van der Waals surface area contributed by atoms with Crippen molar-refractivity contribution in [2.45, 2.75) is 25.5 Å². The van der Waals surface area contributed by atoms with Gasteiger partial charge in [0, 0.05) is 5.46 Å². The summed E-state index contributed by atoms with van der Waals surface area (Å²) in [5.41, 5.74) is -3.66. The number of hydrogen-bond donors (Lipinski definition) is 0. The largest absolute Gasteiger partial charge is 0.426 e. The summed E-state index contributed by atoms with van der Waals surface area (Å²) < 4.78 is 222. The van der Waals surface area contributed by atoms with Crippen LogP contribution in [0, 0.1) is 87.3 Å². The zero-order chi connectivity index (χ0) is 34.4. The van der Waals surface area contributed by atoms with Gasteiger partial charge in [-0.2, -0.15) is 0 Å². The van der Waals surface area contributed by atoms with Gasteiger partial charge in [0.05, 0.1) is 17.2 Å². The van der Waals surface area contributed by atoms with Gasteiger partial charge in [0.25, 0.3) is 0 Å². The first kappa shape index (κ1) is 35.1. The van der Waals surface area contributed by atoms with Gasteiger partial charge in [-0.3, -0.25) is 0 Å². The van der Waals surface area contributed by atoms with Crippen molar-refractivity contribution in [3.05, 3.63) is 123 Å². The molecule has 244 valence electrons. The minimum absolute atomic E-state index is 0.200. The van der Waals surface area contributed by atoms with Gasteiger partial charge < -0.3 is 4.65 Å². The molecule has 46 heavy (non-hydrogen) atoms. The molecule has 0 bridgehead atoms. The van der Waals surface area contributed by atoms with Crippen LogP contribution in [0.15, 0.2) is 30.3 Å². The van der Waals surface area contributed by atoms with Crippen LogP contribution in [0.2, 0.25) is 6.32 Å². The van der Waals surface area contributed by atoms with E-state index in [2.05, 4.69) is 0 Å². The molecule has 0 fully saturated rings. The Kier molecular flexibility index (Phi) is 10.4. The average molecular weight is 692 g/mol. The lowest BCUT2D eigenvalue weighted by atomic mass is 9.56. The Balaban J connectivity index is 1.99. The molecule has 0 radical (unpaired) electrons. The lowest BCUT2D eigenvalue weighted by Crippen LogP contribution is -2.43. The highest BCUT2D eigenvalue weighted by Crippen LogP contribution is 2.46. The van der Waals surface area contributed by atoms with Crippen LogP contribution in [0.3, 0.4) is 0 Å². The van der Waals surface area contributed by atoms with Crippen LogP contribution in [0.4, 0.5) is 65.9 Å². The molecule has 1 atom stereocenters. The van der Waals surface area contributed by atoms with Crippen LogP contribution in [0.25, 0.3) is 0 Å². The molecule has 0 heterocycles. The fourth-order valence-corrected chi connectivity index (χ4v) is 7.27. The molecular weight excluding hydrogens is 679 g/mol. The molecule has 0 aromatic heterocycles. The van der Waals surface area contributed by atoms with Crippen molar-refractivity contribution in [2.24, 2.45) is 0 Å². The topological polar surface area (TPSA) is 9.23 Å². The van der Waals surface area contributed by atoms with Crippen LogP contribution in [-0.4, -0.2) is 12.6 Å². The summed E-state index contributed by atoms with van der Waals surface area (Å²) in [7, 11) is -3.99. The molecule has 0 aliphatic rings. The second kappa shape index (κ2) is 13.6. The first-order valence-corrected chi connectivity index (χ1v) is 13.9. The molecule has 4 aromatic carbocycles. The summed E-state index contributed by atoms with van der Waals surface area (Å²) in [5.74, 6) is -39.8. The second-order valence-corrected chi connectivity index (χ2v) is 12.1. The molecule has 18 heteroatoms. The van der Waals surface area contributed by atoms with E-state index in [-0.39, 0.29) is 5.56 Å². The molecule has 1 unspecified atom stereocenters. The van der Waals surface area contributed by atoms with Gasteiger partial charge in [0.1, 0.15) is 0 Å². The number of halogens is 15. The molecule has 0 N–H and O–H groups in total. The van der Waals surface area contributed by atoms with Crippen LogP contribution in [0.5, 0.6) is 0 Å². The van der Waals surface area contributed by atoms with Gasteiger partial charge in [-0.15, -0.1) is 0 Å². The van der Waals surface area contributed by atoms with Gasteiger partial charge in [-0.25, -0.2) is 65.9 Å². The van der Waals surface area contributed by atoms with E-state index in [9.17, 15) is 48.3 Å². The molecule has 0 saturated carbocycles. The quantitative estimate of drug-likeness (QED) is 0.0575. The maximum Gasteiger partial charge on any atom is 0.333 e. The molecule has 0 aliphatic carbocycles. The van der Waals surface area contributed by atoms with Gasteiger partial charge in [-0.1, -0.05) is 37.3 Å². The minimum Gasteiger partial charge on any atom is -0.426 e. The zero-order valence-electron chi connectivity index (χ0n) is 22.5. The molecule has 0 aliphatic heterocycles. The van der Waals surface area contributed by atoms with Crippen molar-refractivity contribution in [3.63, 3.8) is 0 Å². The van der Waals surface area contributed by atoms with E-state index >= 15 is 17.6 Å². The highest BCUT2D eigenvalue weighted by Gasteiger charge is 2.42. The summed E-state index contributed by atoms with van der Waals surface area (Å²) in [6.45, 7) is -2.43. The van der Waals surface area contributed by atoms with E-state index in [1.807, 2.05) is 0 Å². The second-order valence-electron chi connectivity index (χ2n) is 9.56. The third kappa shape index (κ3) is 6.06. The van der Waals surface area contributed by atoms with Gasteiger partial charge in [-0.05, 0) is 25.5 Å². The summed E-state index contributed by atoms with van der Waals surface area (Å²) in [4.78, 5) is 0. The molecule has 0 amide bonds. The van der Waals surface area contributed by atoms with E-state index in [4.69, 9.17) is 4.65 Å².